The number of allylic oxidation sites excluding steroid dienone is 1. The molecule has 0 fully saturated rings. The van der Waals surface area contributed by atoms with Gasteiger partial charge in [0.1, 0.15) is 0 Å². The molecule has 1 N–H and O–H groups in total. The highest BCUT2D eigenvalue weighted by molar-refractivity contribution is 7.10. The van der Waals surface area contributed by atoms with Gasteiger partial charge in [0.25, 0.3) is 0 Å². The molecule has 4 nitrogen and oxygen atoms in total. The summed E-state index contributed by atoms with van der Waals surface area (Å²) in [5, 5.41) is 5.59. The molecule has 5 heteroatoms. The van der Waals surface area contributed by atoms with Crippen LogP contribution in [0.4, 0.5) is 5.95 Å². The molecule has 24 heavy (non-hydrogen) atoms. The number of rotatable bonds is 2. The molecule has 3 aromatic heterocycles. The summed E-state index contributed by atoms with van der Waals surface area (Å²) in [6, 6.07) is 16.7. The Labute approximate surface area is 143 Å². The summed E-state index contributed by atoms with van der Waals surface area (Å²) in [5.41, 5.74) is 4.25. The van der Waals surface area contributed by atoms with Gasteiger partial charge in [-0.15, -0.1) is 11.3 Å². The zero-order valence-electron chi connectivity index (χ0n) is 12.8. The quantitative estimate of drug-likeness (QED) is 0.586. The minimum atomic E-state index is 0.129. The first-order valence-corrected chi connectivity index (χ1v) is 8.68. The molecule has 1 aliphatic rings. The Morgan fingerprint density at radius 3 is 2.83 bits per heavy atom. The topological polar surface area (TPSA) is 42.7 Å². The maximum Gasteiger partial charge on any atom is 0.209 e. The van der Waals surface area contributed by atoms with E-state index in [0.717, 1.165) is 28.2 Å². The first kappa shape index (κ1) is 13.5. The van der Waals surface area contributed by atoms with Gasteiger partial charge in [-0.1, -0.05) is 18.2 Å². The van der Waals surface area contributed by atoms with Gasteiger partial charge in [0.05, 0.1) is 17.1 Å². The predicted octanol–water partition coefficient (Wildman–Crippen LogP) is 4.55. The van der Waals surface area contributed by atoms with Crippen molar-refractivity contribution >= 4 is 34.0 Å². The number of nitrogens with one attached hydrogen (secondary N) is 1. The highest BCUT2D eigenvalue weighted by Crippen LogP contribution is 2.37. The molecule has 4 heterocycles. The molecule has 0 aliphatic carbocycles. The largest absolute Gasteiger partial charge is 0.325 e. The molecular weight excluding hydrogens is 316 g/mol. The second-order valence-electron chi connectivity index (χ2n) is 5.70. The van der Waals surface area contributed by atoms with E-state index >= 15 is 0 Å². The van der Waals surface area contributed by atoms with E-state index in [4.69, 9.17) is 4.98 Å². The maximum absolute atomic E-state index is 4.78. The van der Waals surface area contributed by atoms with Crippen LogP contribution in [0.3, 0.4) is 0 Å². The van der Waals surface area contributed by atoms with Crippen LogP contribution in [0.25, 0.3) is 16.7 Å². The second kappa shape index (κ2) is 5.32. The van der Waals surface area contributed by atoms with Gasteiger partial charge < -0.3 is 5.32 Å². The van der Waals surface area contributed by atoms with Crippen molar-refractivity contribution in [3.05, 3.63) is 82.8 Å². The summed E-state index contributed by atoms with van der Waals surface area (Å²) in [5.74, 6) is 0.871. The fourth-order valence-corrected chi connectivity index (χ4v) is 3.95. The van der Waals surface area contributed by atoms with Crippen molar-refractivity contribution in [2.75, 3.05) is 5.32 Å². The van der Waals surface area contributed by atoms with Gasteiger partial charge in [-0.2, -0.15) is 0 Å². The number of pyridine rings is 1. The minimum absolute atomic E-state index is 0.129. The van der Waals surface area contributed by atoms with Crippen LogP contribution in [-0.4, -0.2) is 14.5 Å². The van der Waals surface area contributed by atoms with Gasteiger partial charge in [0.2, 0.25) is 5.95 Å². The summed E-state index contributed by atoms with van der Waals surface area (Å²) in [4.78, 5) is 10.3. The summed E-state index contributed by atoms with van der Waals surface area (Å²) in [7, 11) is 0. The lowest BCUT2D eigenvalue weighted by Crippen LogP contribution is -2.18. The van der Waals surface area contributed by atoms with E-state index in [-0.39, 0.29) is 6.04 Å². The van der Waals surface area contributed by atoms with Crippen LogP contribution < -0.4 is 5.32 Å². The number of para-hydroxylation sites is 2. The fourth-order valence-electron chi connectivity index (χ4n) is 3.17. The summed E-state index contributed by atoms with van der Waals surface area (Å²) >= 11 is 1.77. The SMILES string of the molecule is C1=C(c2cccnc2)Nc2nc3ccccc3n2[C@H]1c1cccs1. The molecule has 0 radical (unpaired) electrons. The molecule has 0 saturated carbocycles. The normalized spacial score (nSPS) is 16.5. The van der Waals surface area contributed by atoms with Crippen LogP contribution in [0.1, 0.15) is 16.5 Å². The van der Waals surface area contributed by atoms with Gasteiger partial charge in [-0.3, -0.25) is 9.55 Å². The van der Waals surface area contributed by atoms with Crippen LogP contribution >= 0.6 is 11.3 Å². The molecule has 1 atom stereocenters. The number of imidazole rings is 1. The number of nitrogens with zero attached hydrogens (tertiary/aromatic N) is 3. The summed E-state index contributed by atoms with van der Waals surface area (Å²) in [6.45, 7) is 0. The molecule has 1 aromatic carbocycles. The van der Waals surface area contributed by atoms with Crippen LogP contribution in [0.5, 0.6) is 0 Å². The summed E-state index contributed by atoms with van der Waals surface area (Å²) in [6.07, 6.45) is 5.92. The Balaban J connectivity index is 1.74. The van der Waals surface area contributed by atoms with E-state index in [9.17, 15) is 0 Å². The van der Waals surface area contributed by atoms with Gasteiger partial charge in [0.15, 0.2) is 0 Å². The Morgan fingerprint density at radius 1 is 1.04 bits per heavy atom. The number of aromatic nitrogens is 3. The zero-order chi connectivity index (χ0) is 15.9. The molecule has 0 saturated heterocycles. The van der Waals surface area contributed by atoms with Crippen LogP contribution in [-0.2, 0) is 0 Å². The van der Waals surface area contributed by atoms with Crippen molar-refractivity contribution < 1.29 is 0 Å². The standard InChI is InChI=1S/C19H14N4S/c1-2-7-16-14(6-1)21-19-22-15(13-5-3-9-20-12-13)11-17(23(16)19)18-8-4-10-24-18/h1-12,17H,(H,21,22)/t17-/m1/s1. The number of anilines is 1. The average molecular weight is 330 g/mol. The molecule has 4 aromatic rings. The molecule has 0 bridgehead atoms. The third-order valence-corrected chi connectivity index (χ3v) is 5.20. The lowest BCUT2D eigenvalue weighted by Gasteiger charge is -2.25. The van der Waals surface area contributed by atoms with E-state index in [1.54, 1.807) is 17.5 Å². The highest BCUT2D eigenvalue weighted by atomic mass is 32.1. The molecule has 0 amide bonds. The molecule has 5 rings (SSSR count). The first-order valence-electron chi connectivity index (χ1n) is 7.80. The number of benzene rings is 1. The van der Waals surface area contributed by atoms with Gasteiger partial charge in [0, 0.05) is 28.5 Å². The van der Waals surface area contributed by atoms with E-state index < -0.39 is 0 Å². The van der Waals surface area contributed by atoms with Crippen LogP contribution in [0, 0.1) is 0 Å². The molecular formula is C19H14N4S. The Hall–Kier alpha value is -2.92. The molecule has 1 aliphatic heterocycles. The third kappa shape index (κ3) is 2.06. The number of fused-ring (bicyclic) bond motifs is 3. The van der Waals surface area contributed by atoms with Crippen molar-refractivity contribution in [2.45, 2.75) is 6.04 Å². The average Bonchev–Trinajstić information content (AvgIpc) is 3.29. The third-order valence-electron chi connectivity index (χ3n) is 4.25. The van der Waals surface area contributed by atoms with Gasteiger partial charge in [-0.25, -0.2) is 4.98 Å². The Bertz CT molecular complexity index is 1030. The van der Waals surface area contributed by atoms with Gasteiger partial charge in [-0.05, 0) is 41.8 Å². The highest BCUT2D eigenvalue weighted by Gasteiger charge is 2.25. The minimum Gasteiger partial charge on any atom is -0.325 e. The lowest BCUT2D eigenvalue weighted by molar-refractivity contribution is 0.733. The Morgan fingerprint density at radius 2 is 2.00 bits per heavy atom. The smallest absolute Gasteiger partial charge is 0.209 e. The van der Waals surface area contributed by atoms with Gasteiger partial charge >= 0.3 is 0 Å². The van der Waals surface area contributed by atoms with Crippen molar-refractivity contribution in [2.24, 2.45) is 0 Å². The number of thiophene rings is 1. The van der Waals surface area contributed by atoms with Crippen LogP contribution in [0.15, 0.2) is 72.4 Å². The van der Waals surface area contributed by atoms with E-state index in [1.165, 1.54) is 4.88 Å². The van der Waals surface area contributed by atoms with E-state index in [1.807, 2.05) is 18.3 Å². The van der Waals surface area contributed by atoms with E-state index in [0.29, 0.717) is 0 Å². The fraction of sp³-hybridized carbons (Fsp3) is 0.0526. The molecule has 0 unspecified atom stereocenters. The van der Waals surface area contributed by atoms with Crippen molar-refractivity contribution in [3.8, 4) is 0 Å². The van der Waals surface area contributed by atoms with Crippen molar-refractivity contribution in [1.29, 1.82) is 0 Å². The van der Waals surface area contributed by atoms with Crippen molar-refractivity contribution in [1.82, 2.24) is 14.5 Å². The monoisotopic (exact) mass is 330 g/mol. The van der Waals surface area contributed by atoms with E-state index in [2.05, 4.69) is 62.7 Å². The summed E-state index contributed by atoms with van der Waals surface area (Å²) < 4.78 is 2.26. The maximum atomic E-state index is 4.78. The Kier molecular flexibility index (Phi) is 2.99. The first-order chi connectivity index (χ1) is 11.9. The van der Waals surface area contributed by atoms with Crippen LogP contribution in [0.2, 0.25) is 0 Å². The molecule has 116 valence electrons. The van der Waals surface area contributed by atoms with Crippen molar-refractivity contribution in [3.63, 3.8) is 0 Å². The predicted molar refractivity (Wildman–Crippen MR) is 98.0 cm³/mol. The number of hydrogen-bond donors (Lipinski definition) is 1. The zero-order valence-corrected chi connectivity index (χ0v) is 13.6. The second-order valence-corrected chi connectivity index (χ2v) is 6.68. The number of hydrogen-bond acceptors (Lipinski definition) is 4. The molecule has 0 spiro atoms. The lowest BCUT2D eigenvalue weighted by atomic mass is 10.1.